The van der Waals surface area contributed by atoms with Crippen LogP contribution in [0.3, 0.4) is 0 Å². The third kappa shape index (κ3) is 4.02. The van der Waals surface area contributed by atoms with Gasteiger partial charge in [0.2, 0.25) is 5.91 Å². The summed E-state index contributed by atoms with van der Waals surface area (Å²) in [5, 5.41) is 6.19. The van der Waals surface area contributed by atoms with Crippen molar-refractivity contribution in [3.8, 4) is 0 Å². The van der Waals surface area contributed by atoms with E-state index in [2.05, 4.69) is 33.5 Å². The lowest BCUT2D eigenvalue weighted by atomic mass is 10.2. The van der Waals surface area contributed by atoms with E-state index in [0.717, 1.165) is 22.1 Å². The summed E-state index contributed by atoms with van der Waals surface area (Å²) in [5.74, 6) is 0.0257. The third-order valence-corrected chi connectivity index (χ3v) is 4.01. The van der Waals surface area contributed by atoms with E-state index in [4.69, 9.17) is 0 Å². The van der Waals surface area contributed by atoms with Gasteiger partial charge in [-0.25, -0.2) is 0 Å². The second-order valence-corrected chi connectivity index (χ2v) is 5.41. The zero-order valence-corrected chi connectivity index (χ0v) is 13.0. The fourth-order valence-corrected chi connectivity index (χ4v) is 1.91. The van der Waals surface area contributed by atoms with Crippen molar-refractivity contribution in [3.63, 3.8) is 0 Å². The molecule has 0 saturated heterocycles. The number of halogens is 1. The summed E-state index contributed by atoms with van der Waals surface area (Å²) in [5.41, 5.74) is 2.09. The smallest absolute Gasteiger partial charge is 0.242 e. The van der Waals surface area contributed by atoms with Crippen LogP contribution < -0.4 is 10.6 Å². The molecule has 0 heterocycles. The molecule has 18 heavy (non-hydrogen) atoms. The minimum Gasteiger partial charge on any atom is -0.373 e. The van der Waals surface area contributed by atoms with Crippen molar-refractivity contribution < 1.29 is 4.79 Å². The van der Waals surface area contributed by atoms with Gasteiger partial charge >= 0.3 is 0 Å². The number of amides is 1. The van der Waals surface area contributed by atoms with E-state index in [9.17, 15) is 4.79 Å². The molecular weight excluding hydrogens is 292 g/mol. The van der Waals surface area contributed by atoms with E-state index in [1.165, 1.54) is 0 Å². The zero-order chi connectivity index (χ0) is 13.7. The van der Waals surface area contributed by atoms with Gasteiger partial charge in [-0.05, 0) is 54.8 Å². The summed E-state index contributed by atoms with van der Waals surface area (Å²) in [6, 6.07) is 5.92. The minimum absolute atomic E-state index is 0.0257. The highest BCUT2D eigenvalue weighted by Gasteiger charge is 2.15. The first-order chi connectivity index (χ1) is 8.45. The molecule has 1 amide bonds. The lowest BCUT2D eigenvalue weighted by molar-refractivity contribution is -0.122. The van der Waals surface area contributed by atoms with E-state index in [1.54, 1.807) is 0 Å². The van der Waals surface area contributed by atoms with Gasteiger partial charge in [0.25, 0.3) is 0 Å². The molecule has 0 saturated carbocycles. The minimum atomic E-state index is -0.253. The Morgan fingerprint density at radius 3 is 2.67 bits per heavy atom. The van der Waals surface area contributed by atoms with E-state index >= 15 is 0 Å². The second kappa shape index (κ2) is 6.78. The van der Waals surface area contributed by atoms with Crippen LogP contribution in [0.1, 0.15) is 32.8 Å². The van der Waals surface area contributed by atoms with Gasteiger partial charge in [0.15, 0.2) is 0 Å². The molecular formula is C14H21BrN2O. The number of anilines is 1. The average molecular weight is 313 g/mol. The van der Waals surface area contributed by atoms with Gasteiger partial charge in [0.05, 0.1) is 0 Å². The molecule has 0 aliphatic rings. The third-order valence-electron chi connectivity index (χ3n) is 2.96. The van der Waals surface area contributed by atoms with Crippen LogP contribution in [0.15, 0.2) is 22.7 Å². The highest BCUT2D eigenvalue weighted by molar-refractivity contribution is 9.10. The number of benzene rings is 1. The normalized spacial score (nSPS) is 13.8. The molecule has 2 unspecified atom stereocenters. The molecule has 0 aliphatic carbocycles. The summed E-state index contributed by atoms with van der Waals surface area (Å²) in [6.07, 6.45) is 0.937. The Bertz CT molecular complexity index is 420. The molecule has 0 bridgehead atoms. The second-order valence-electron chi connectivity index (χ2n) is 4.62. The highest BCUT2D eigenvalue weighted by atomic mass is 79.9. The Kier molecular flexibility index (Phi) is 5.66. The van der Waals surface area contributed by atoms with Crippen LogP contribution in [0.5, 0.6) is 0 Å². The van der Waals surface area contributed by atoms with E-state index < -0.39 is 0 Å². The Balaban J connectivity index is 2.67. The van der Waals surface area contributed by atoms with E-state index in [1.807, 2.05) is 39.0 Å². The van der Waals surface area contributed by atoms with Gasteiger partial charge in [-0.1, -0.05) is 19.1 Å². The van der Waals surface area contributed by atoms with Crippen molar-refractivity contribution in [2.45, 2.75) is 46.2 Å². The molecule has 0 fully saturated rings. The predicted octanol–water partition coefficient (Wildman–Crippen LogP) is 3.47. The van der Waals surface area contributed by atoms with Gasteiger partial charge in [-0.15, -0.1) is 0 Å². The largest absolute Gasteiger partial charge is 0.373 e. The first kappa shape index (κ1) is 15.0. The molecule has 1 rings (SSSR count). The summed E-state index contributed by atoms with van der Waals surface area (Å²) < 4.78 is 1.01. The van der Waals surface area contributed by atoms with Crippen LogP contribution in [-0.4, -0.2) is 18.0 Å². The Morgan fingerprint density at radius 1 is 1.39 bits per heavy atom. The van der Waals surface area contributed by atoms with Crippen LogP contribution >= 0.6 is 15.9 Å². The fourth-order valence-electron chi connectivity index (χ4n) is 1.53. The number of hydrogen-bond donors (Lipinski definition) is 2. The van der Waals surface area contributed by atoms with Crippen LogP contribution in [0.4, 0.5) is 5.69 Å². The van der Waals surface area contributed by atoms with E-state index in [0.29, 0.717) is 0 Å². The quantitative estimate of drug-likeness (QED) is 0.874. The molecule has 0 spiro atoms. The van der Waals surface area contributed by atoms with Crippen molar-refractivity contribution in [3.05, 3.63) is 28.2 Å². The first-order valence-corrected chi connectivity index (χ1v) is 7.07. The van der Waals surface area contributed by atoms with Crippen molar-refractivity contribution in [1.82, 2.24) is 5.32 Å². The summed E-state index contributed by atoms with van der Waals surface area (Å²) >= 11 is 3.53. The summed E-state index contributed by atoms with van der Waals surface area (Å²) in [7, 11) is 0. The number of nitrogens with one attached hydrogen (secondary N) is 2. The average Bonchev–Trinajstić information content (AvgIpc) is 2.34. The molecule has 0 aromatic heterocycles. The number of aryl methyl sites for hydroxylation is 1. The summed E-state index contributed by atoms with van der Waals surface area (Å²) in [4.78, 5) is 11.9. The number of rotatable bonds is 5. The molecule has 100 valence electrons. The number of carbonyl (C=O) groups is 1. The Labute approximate surface area is 117 Å². The maximum Gasteiger partial charge on any atom is 0.242 e. The maximum atomic E-state index is 11.9. The lowest BCUT2D eigenvalue weighted by Gasteiger charge is -2.19. The van der Waals surface area contributed by atoms with Crippen molar-refractivity contribution >= 4 is 27.5 Å². The van der Waals surface area contributed by atoms with Crippen LogP contribution in [0.25, 0.3) is 0 Å². The van der Waals surface area contributed by atoms with Crippen molar-refractivity contribution in [2.24, 2.45) is 0 Å². The standard InChI is InChI=1S/C14H21BrN2O/c1-5-10(3)16-14(18)11(4)17-12-8-6-7-9(2)13(12)15/h6-8,10-11,17H,5H2,1-4H3,(H,16,18). The van der Waals surface area contributed by atoms with Gasteiger partial charge in [-0.3, -0.25) is 4.79 Å². The number of carbonyl (C=O) groups excluding carboxylic acids is 1. The highest BCUT2D eigenvalue weighted by Crippen LogP contribution is 2.26. The zero-order valence-electron chi connectivity index (χ0n) is 11.4. The SMILES string of the molecule is CCC(C)NC(=O)C(C)Nc1cccc(C)c1Br. The van der Waals surface area contributed by atoms with Gasteiger partial charge in [0, 0.05) is 16.2 Å². The molecule has 0 radical (unpaired) electrons. The monoisotopic (exact) mass is 312 g/mol. The number of hydrogen-bond acceptors (Lipinski definition) is 2. The van der Waals surface area contributed by atoms with E-state index in [-0.39, 0.29) is 18.0 Å². The molecule has 1 aromatic carbocycles. The van der Waals surface area contributed by atoms with Crippen LogP contribution in [0, 0.1) is 6.92 Å². The summed E-state index contributed by atoms with van der Waals surface area (Å²) in [6.45, 7) is 7.96. The maximum absolute atomic E-state index is 11.9. The Morgan fingerprint density at radius 2 is 2.06 bits per heavy atom. The fraction of sp³-hybridized carbons (Fsp3) is 0.500. The molecule has 1 aromatic rings. The molecule has 0 aliphatic heterocycles. The van der Waals surface area contributed by atoms with Crippen molar-refractivity contribution in [1.29, 1.82) is 0 Å². The lowest BCUT2D eigenvalue weighted by Crippen LogP contribution is -2.41. The molecule has 4 heteroatoms. The van der Waals surface area contributed by atoms with Gasteiger partial charge < -0.3 is 10.6 Å². The topological polar surface area (TPSA) is 41.1 Å². The molecule has 2 N–H and O–H groups in total. The van der Waals surface area contributed by atoms with Crippen LogP contribution in [0.2, 0.25) is 0 Å². The molecule has 2 atom stereocenters. The predicted molar refractivity (Wildman–Crippen MR) is 79.9 cm³/mol. The van der Waals surface area contributed by atoms with Crippen molar-refractivity contribution in [2.75, 3.05) is 5.32 Å². The van der Waals surface area contributed by atoms with Gasteiger partial charge in [0.1, 0.15) is 6.04 Å². The van der Waals surface area contributed by atoms with Gasteiger partial charge in [-0.2, -0.15) is 0 Å². The Hall–Kier alpha value is -1.03. The van der Waals surface area contributed by atoms with Crippen LogP contribution in [-0.2, 0) is 4.79 Å². The first-order valence-electron chi connectivity index (χ1n) is 6.27. The molecule has 3 nitrogen and oxygen atoms in total.